The van der Waals surface area contributed by atoms with Crippen LogP contribution in [0, 0.1) is 6.92 Å². The van der Waals surface area contributed by atoms with Crippen LogP contribution in [0.1, 0.15) is 36.6 Å². The van der Waals surface area contributed by atoms with Crippen molar-refractivity contribution in [2.24, 2.45) is 5.73 Å². The number of nitrogens with two attached hydrogens (primary N) is 1. The van der Waals surface area contributed by atoms with Crippen molar-refractivity contribution >= 4 is 5.65 Å². The Morgan fingerprint density at radius 3 is 2.43 bits per heavy atom. The summed E-state index contributed by atoms with van der Waals surface area (Å²) in [5.41, 5.74) is 12.6. The first-order valence-electron chi connectivity index (χ1n) is 7.38. The van der Waals surface area contributed by atoms with Crippen molar-refractivity contribution in [3.05, 3.63) is 59.4 Å². The number of benzene rings is 1. The predicted octanol–water partition coefficient (Wildman–Crippen LogP) is 3.89. The Labute approximate surface area is 125 Å². The molecule has 0 amide bonds. The normalized spacial score (nSPS) is 11.5. The van der Waals surface area contributed by atoms with Gasteiger partial charge in [0.1, 0.15) is 5.65 Å². The minimum atomic E-state index is 0.478. The summed E-state index contributed by atoms with van der Waals surface area (Å²) in [6, 6.07) is 12.8. The molecule has 0 radical (unpaired) electrons. The molecule has 0 spiro atoms. The molecule has 2 aromatic heterocycles. The van der Waals surface area contributed by atoms with E-state index in [1.165, 1.54) is 11.1 Å². The van der Waals surface area contributed by atoms with E-state index in [4.69, 9.17) is 10.7 Å². The fourth-order valence-corrected chi connectivity index (χ4v) is 2.65. The van der Waals surface area contributed by atoms with Crippen molar-refractivity contribution in [1.82, 2.24) is 9.38 Å². The first-order valence-corrected chi connectivity index (χ1v) is 7.38. The van der Waals surface area contributed by atoms with Crippen molar-refractivity contribution < 1.29 is 0 Å². The van der Waals surface area contributed by atoms with E-state index in [2.05, 4.69) is 61.7 Å². The average molecular weight is 279 g/mol. The fraction of sp³-hybridized carbons (Fsp3) is 0.278. The topological polar surface area (TPSA) is 43.3 Å². The Morgan fingerprint density at radius 1 is 1.10 bits per heavy atom. The average Bonchev–Trinajstić information content (AvgIpc) is 2.85. The first kappa shape index (κ1) is 13.8. The molecule has 0 aliphatic carbocycles. The van der Waals surface area contributed by atoms with Crippen molar-refractivity contribution in [1.29, 1.82) is 0 Å². The molecular formula is C18H21N3. The molecule has 3 nitrogen and oxygen atoms in total. The number of nitrogens with zero attached hydrogens (tertiary/aromatic N) is 2. The lowest BCUT2D eigenvalue weighted by Crippen LogP contribution is -2.02. The lowest BCUT2D eigenvalue weighted by Gasteiger charge is -2.07. The summed E-state index contributed by atoms with van der Waals surface area (Å²) < 4.78 is 2.10. The van der Waals surface area contributed by atoms with Crippen molar-refractivity contribution in [2.75, 3.05) is 0 Å². The summed E-state index contributed by atoms with van der Waals surface area (Å²) in [6.45, 7) is 6.96. The van der Waals surface area contributed by atoms with Gasteiger partial charge in [-0.2, -0.15) is 0 Å². The predicted molar refractivity (Wildman–Crippen MR) is 87.3 cm³/mol. The molecule has 3 aromatic rings. The van der Waals surface area contributed by atoms with Gasteiger partial charge >= 0.3 is 0 Å². The molecule has 0 aliphatic heterocycles. The van der Waals surface area contributed by atoms with Crippen LogP contribution in [0.3, 0.4) is 0 Å². The number of rotatable bonds is 3. The number of pyridine rings is 1. The Kier molecular flexibility index (Phi) is 3.52. The molecule has 0 bridgehead atoms. The van der Waals surface area contributed by atoms with Crippen molar-refractivity contribution in [2.45, 2.75) is 33.2 Å². The summed E-state index contributed by atoms with van der Waals surface area (Å²) in [7, 11) is 0. The van der Waals surface area contributed by atoms with E-state index >= 15 is 0 Å². The maximum absolute atomic E-state index is 5.97. The number of aromatic nitrogens is 2. The van der Waals surface area contributed by atoms with Gasteiger partial charge in [-0.25, -0.2) is 4.98 Å². The number of imidazole rings is 1. The van der Waals surface area contributed by atoms with Crippen LogP contribution in [0.4, 0.5) is 0 Å². The molecule has 0 aliphatic rings. The lowest BCUT2D eigenvalue weighted by molar-refractivity contribution is 0.867. The Hall–Kier alpha value is -2.13. The minimum Gasteiger partial charge on any atom is -0.325 e. The van der Waals surface area contributed by atoms with Crippen LogP contribution in [0.2, 0.25) is 0 Å². The highest BCUT2D eigenvalue weighted by Crippen LogP contribution is 2.26. The Balaban J connectivity index is 2.15. The zero-order valence-electron chi connectivity index (χ0n) is 12.8. The molecule has 0 unspecified atom stereocenters. The van der Waals surface area contributed by atoms with Gasteiger partial charge in [-0.05, 0) is 30.0 Å². The summed E-state index contributed by atoms with van der Waals surface area (Å²) in [5.74, 6) is 0.539. The molecule has 0 atom stereocenters. The number of aryl methyl sites for hydroxylation is 1. The second kappa shape index (κ2) is 5.34. The van der Waals surface area contributed by atoms with Crippen molar-refractivity contribution in [3.63, 3.8) is 0 Å². The minimum absolute atomic E-state index is 0.478. The SMILES string of the molecule is Cc1ccc2nc(-c3ccc(C(C)C)cc3)c(CN)n2c1. The molecule has 2 heterocycles. The van der Waals surface area contributed by atoms with Gasteiger partial charge in [0.25, 0.3) is 0 Å². The molecule has 3 heteroatoms. The van der Waals surface area contributed by atoms with Crippen LogP contribution in [0.15, 0.2) is 42.6 Å². The van der Waals surface area contributed by atoms with Crippen LogP contribution in [-0.2, 0) is 6.54 Å². The molecule has 0 fully saturated rings. The monoisotopic (exact) mass is 279 g/mol. The highest BCUT2D eigenvalue weighted by molar-refractivity contribution is 5.67. The molecule has 0 saturated heterocycles. The largest absolute Gasteiger partial charge is 0.325 e. The van der Waals surface area contributed by atoms with Crippen LogP contribution in [0.25, 0.3) is 16.9 Å². The van der Waals surface area contributed by atoms with E-state index in [9.17, 15) is 0 Å². The number of hydrogen-bond acceptors (Lipinski definition) is 2. The lowest BCUT2D eigenvalue weighted by atomic mass is 10.0. The quantitative estimate of drug-likeness (QED) is 0.790. The first-order chi connectivity index (χ1) is 10.1. The van der Waals surface area contributed by atoms with Gasteiger partial charge in [-0.3, -0.25) is 0 Å². The van der Waals surface area contributed by atoms with E-state index in [0.717, 1.165) is 22.6 Å². The van der Waals surface area contributed by atoms with Crippen molar-refractivity contribution in [3.8, 4) is 11.3 Å². The Morgan fingerprint density at radius 2 is 1.81 bits per heavy atom. The molecule has 1 aromatic carbocycles. The second-order valence-corrected chi connectivity index (χ2v) is 5.82. The smallest absolute Gasteiger partial charge is 0.137 e. The summed E-state index contributed by atoms with van der Waals surface area (Å²) >= 11 is 0. The summed E-state index contributed by atoms with van der Waals surface area (Å²) in [6.07, 6.45) is 2.09. The van der Waals surface area contributed by atoms with Gasteiger partial charge in [0.15, 0.2) is 0 Å². The van der Waals surface area contributed by atoms with Crippen LogP contribution < -0.4 is 5.73 Å². The van der Waals surface area contributed by atoms with E-state index < -0.39 is 0 Å². The van der Waals surface area contributed by atoms with E-state index in [1.54, 1.807) is 0 Å². The third-order valence-corrected chi connectivity index (χ3v) is 3.91. The third kappa shape index (κ3) is 2.45. The van der Waals surface area contributed by atoms with Gasteiger partial charge in [-0.15, -0.1) is 0 Å². The van der Waals surface area contributed by atoms with Crippen LogP contribution in [-0.4, -0.2) is 9.38 Å². The number of hydrogen-bond donors (Lipinski definition) is 1. The fourth-order valence-electron chi connectivity index (χ4n) is 2.65. The van der Waals surface area contributed by atoms with Gasteiger partial charge < -0.3 is 10.1 Å². The highest BCUT2D eigenvalue weighted by Gasteiger charge is 2.13. The zero-order chi connectivity index (χ0) is 15.0. The van der Waals surface area contributed by atoms with Gasteiger partial charge in [0.05, 0.1) is 11.4 Å². The summed E-state index contributed by atoms with van der Waals surface area (Å²) in [4.78, 5) is 4.75. The van der Waals surface area contributed by atoms with E-state index in [-0.39, 0.29) is 0 Å². The highest BCUT2D eigenvalue weighted by atomic mass is 15.0. The maximum atomic E-state index is 5.97. The maximum Gasteiger partial charge on any atom is 0.137 e. The molecule has 2 N–H and O–H groups in total. The molecule has 108 valence electrons. The standard InChI is InChI=1S/C18H21N3/c1-12(2)14-5-7-15(8-6-14)18-16(10-19)21-11-13(3)4-9-17(21)20-18/h4-9,11-12H,10,19H2,1-3H3. The Bertz CT molecular complexity index is 767. The zero-order valence-corrected chi connectivity index (χ0v) is 12.8. The van der Waals surface area contributed by atoms with E-state index in [1.807, 2.05) is 6.07 Å². The van der Waals surface area contributed by atoms with Crippen LogP contribution in [0.5, 0.6) is 0 Å². The van der Waals surface area contributed by atoms with E-state index in [0.29, 0.717) is 12.5 Å². The third-order valence-electron chi connectivity index (χ3n) is 3.91. The van der Waals surface area contributed by atoms with Gasteiger partial charge in [-0.1, -0.05) is 44.2 Å². The molecule has 21 heavy (non-hydrogen) atoms. The molecule has 0 saturated carbocycles. The van der Waals surface area contributed by atoms with Gasteiger partial charge in [0, 0.05) is 18.3 Å². The summed E-state index contributed by atoms with van der Waals surface area (Å²) in [5, 5.41) is 0. The molecular weight excluding hydrogens is 258 g/mol. The molecule has 3 rings (SSSR count). The van der Waals surface area contributed by atoms with Crippen LogP contribution >= 0.6 is 0 Å². The second-order valence-electron chi connectivity index (χ2n) is 5.82. The van der Waals surface area contributed by atoms with Gasteiger partial charge in [0.2, 0.25) is 0 Å². The number of fused-ring (bicyclic) bond motifs is 1.